The molecule has 1 aliphatic rings. The molecular formula is C19H17ClN4O2S. The van der Waals surface area contributed by atoms with Gasteiger partial charge in [-0.25, -0.2) is 10.9 Å². The summed E-state index contributed by atoms with van der Waals surface area (Å²) >= 11 is 11.1. The highest BCUT2D eigenvalue weighted by Gasteiger charge is 2.26. The fraction of sp³-hybridized carbons (Fsp3) is 0.0526. The first kappa shape index (κ1) is 18.9. The lowest BCUT2D eigenvalue weighted by Crippen LogP contribution is -2.53. The minimum atomic E-state index is -0.306. The van der Waals surface area contributed by atoms with Gasteiger partial charge in [0.15, 0.2) is 0 Å². The maximum absolute atomic E-state index is 12.5. The van der Waals surface area contributed by atoms with Crippen molar-refractivity contribution < 1.29 is 9.53 Å². The number of benzene rings is 2. The molecule has 2 aromatic carbocycles. The van der Waals surface area contributed by atoms with Gasteiger partial charge in [-0.15, -0.1) is 0 Å². The Labute approximate surface area is 167 Å². The second-order valence-electron chi connectivity index (χ2n) is 5.64. The maximum Gasteiger partial charge on any atom is 0.270 e. The first-order chi connectivity index (χ1) is 13.0. The Hall–Kier alpha value is -2.87. The number of nitrogens with zero attached hydrogens (tertiary/aromatic N) is 1. The number of nitrogens with two attached hydrogens (primary N) is 1. The van der Waals surface area contributed by atoms with Gasteiger partial charge in [-0.1, -0.05) is 23.7 Å². The summed E-state index contributed by atoms with van der Waals surface area (Å²) in [6, 6.07) is 14.6. The number of amides is 1. The number of methoxy groups -OCH3 is 1. The molecule has 0 saturated heterocycles. The van der Waals surface area contributed by atoms with Crippen LogP contribution in [-0.4, -0.2) is 23.1 Å². The van der Waals surface area contributed by atoms with Crippen LogP contribution in [-0.2, 0) is 4.79 Å². The SMILES string of the molecule is COc1ccc(C2=C/C(=C\c3ccc(Cl)cc3)C(=O)NN2C(=S)NN)cc1. The van der Waals surface area contributed by atoms with Gasteiger partial charge in [0.1, 0.15) is 5.75 Å². The summed E-state index contributed by atoms with van der Waals surface area (Å²) in [5, 5.41) is 2.22. The third-order valence-corrected chi connectivity index (χ3v) is 4.47. The van der Waals surface area contributed by atoms with Gasteiger partial charge >= 0.3 is 0 Å². The second-order valence-corrected chi connectivity index (χ2v) is 6.46. The summed E-state index contributed by atoms with van der Waals surface area (Å²) in [5.41, 5.74) is 7.95. The van der Waals surface area contributed by atoms with Crippen molar-refractivity contribution in [3.63, 3.8) is 0 Å². The first-order valence-corrected chi connectivity index (χ1v) is 8.75. The van der Waals surface area contributed by atoms with Gasteiger partial charge < -0.3 is 4.74 Å². The molecule has 2 aromatic rings. The largest absolute Gasteiger partial charge is 0.497 e. The summed E-state index contributed by atoms with van der Waals surface area (Å²) in [6.45, 7) is 0. The smallest absolute Gasteiger partial charge is 0.270 e. The van der Waals surface area contributed by atoms with Gasteiger partial charge in [0, 0.05) is 16.2 Å². The van der Waals surface area contributed by atoms with Gasteiger partial charge in [-0.2, -0.15) is 0 Å². The number of nitrogens with one attached hydrogen (secondary N) is 2. The number of carbonyl (C=O) groups excluding carboxylic acids is 1. The molecule has 0 radical (unpaired) electrons. The lowest BCUT2D eigenvalue weighted by Gasteiger charge is -2.31. The third kappa shape index (κ3) is 4.28. The molecule has 0 unspecified atom stereocenters. The highest BCUT2D eigenvalue weighted by Crippen LogP contribution is 2.26. The van der Waals surface area contributed by atoms with Crippen LogP contribution >= 0.6 is 23.8 Å². The first-order valence-electron chi connectivity index (χ1n) is 7.97. The molecule has 27 heavy (non-hydrogen) atoms. The standard InChI is InChI=1S/C19H17ClN4O2S/c1-26-16-8-4-13(5-9-16)17-11-14(10-12-2-6-15(20)7-3-12)18(25)23-24(17)19(27)22-21/h2-11H,21H2,1H3,(H,22,27)(H,23,25)/b14-10+. The number of hydrogen-bond donors (Lipinski definition) is 3. The van der Waals surface area contributed by atoms with E-state index in [4.69, 9.17) is 34.4 Å². The zero-order chi connectivity index (χ0) is 19.4. The third-order valence-electron chi connectivity index (χ3n) is 3.91. The fourth-order valence-electron chi connectivity index (χ4n) is 2.55. The molecule has 0 bridgehead atoms. The van der Waals surface area contributed by atoms with Crippen molar-refractivity contribution >= 4 is 46.6 Å². The Morgan fingerprint density at radius 2 is 1.89 bits per heavy atom. The quantitative estimate of drug-likeness (QED) is 0.318. The summed E-state index contributed by atoms with van der Waals surface area (Å²) in [6.07, 6.45) is 3.52. The van der Waals surface area contributed by atoms with E-state index in [-0.39, 0.29) is 11.0 Å². The van der Waals surface area contributed by atoms with E-state index in [1.54, 1.807) is 31.4 Å². The van der Waals surface area contributed by atoms with E-state index in [0.717, 1.165) is 16.9 Å². The minimum absolute atomic E-state index is 0.163. The molecule has 0 fully saturated rings. The normalized spacial score (nSPS) is 15.2. The zero-order valence-electron chi connectivity index (χ0n) is 14.4. The molecule has 0 spiro atoms. The molecular weight excluding hydrogens is 384 g/mol. The highest BCUT2D eigenvalue weighted by atomic mass is 35.5. The van der Waals surface area contributed by atoms with Gasteiger partial charge in [0.25, 0.3) is 5.91 Å². The number of carbonyl (C=O) groups is 1. The number of thiocarbonyl (C=S) groups is 1. The van der Waals surface area contributed by atoms with Crippen molar-refractivity contribution in [2.75, 3.05) is 7.11 Å². The molecule has 3 rings (SSSR count). The molecule has 0 aromatic heterocycles. The molecule has 138 valence electrons. The Kier molecular flexibility index (Phi) is 5.75. The fourth-order valence-corrected chi connectivity index (χ4v) is 2.82. The average Bonchev–Trinajstić information content (AvgIpc) is 2.70. The summed E-state index contributed by atoms with van der Waals surface area (Å²) in [4.78, 5) is 12.5. The number of rotatable bonds is 3. The van der Waals surface area contributed by atoms with Gasteiger partial charge in [-0.05, 0) is 66.3 Å². The predicted molar refractivity (Wildman–Crippen MR) is 110 cm³/mol. The molecule has 4 N–H and O–H groups in total. The molecule has 0 aliphatic carbocycles. The van der Waals surface area contributed by atoms with Crippen LogP contribution in [0.4, 0.5) is 0 Å². The van der Waals surface area contributed by atoms with Crippen LogP contribution in [0.25, 0.3) is 11.8 Å². The van der Waals surface area contributed by atoms with Crippen molar-refractivity contribution in [2.24, 2.45) is 5.84 Å². The van der Waals surface area contributed by atoms with Crippen LogP contribution in [0, 0.1) is 0 Å². The van der Waals surface area contributed by atoms with Crippen LogP contribution in [0.5, 0.6) is 5.75 Å². The summed E-state index contributed by atoms with van der Waals surface area (Å²) in [7, 11) is 1.60. The van der Waals surface area contributed by atoms with Crippen molar-refractivity contribution in [2.45, 2.75) is 0 Å². The van der Waals surface area contributed by atoms with Gasteiger partial charge in [-0.3, -0.25) is 15.6 Å². The molecule has 8 heteroatoms. The minimum Gasteiger partial charge on any atom is -0.497 e. The molecule has 1 amide bonds. The van der Waals surface area contributed by atoms with Crippen molar-refractivity contribution in [1.82, 2.24) is 15.9 Å². The van der Waals surface area contributed by atoms with Crippen molar-refractivity contribution in [3.05, 3.63) is 76.3 Å². The van der Waals surface area contributed by atoms with Crippen molar-refractivity contribution in [1.29, 1.82) is 0 Å². The number of ether oxygens (including phenoxy) is 1. The Morgan fingerprint density at radius 1 is 1.22 bits per heavy atom. The molecule has 1 aliphatic heterocycles. The molecule has 0 saturated carbocycles. The topological polar surface area (TPSA) is 79.6 Å². The van der Waals surface area contributed by atoms with E-state index >= 15 is 0 Å². The van der Waals surface area contributed by atoms with Gasteiger partial charge in [0.05, 0.1) is 12.8 Å². The number of hydrogen-bond acceptors (Lipinski definition) is 4. The van der Waals surface area contributed by atoms with E-state index in [0.29, 0.717) is 16.3 Å². The average molecular weight is 401 g/mol. The highest BCUT2D eigenvalue weighted by molar-refractivity contribution is 7.80. The van der Waals surface area contributed by atoms with E-state index in [1.807, 2.05) is 36.4 Å². The number of hydrazine groups is 2. The van der Waals surface area contributed by atoms with E-state index in [9.17, 15) is 4.79 Å². The van der Waals surface area contributed by atoms with E-state index in [1.165, 1.54) is 5.01 Å². The van der Waals surface area contributed by atoms with Gasteiger partial charge in [0.2, 0.25) is 5.11 Å². The monoisotopic (exact) mass is 400 g/mol. The molecule has 1 heterocycles. The lowest BCUT2D eigenvalue weighted by atomic mass is 10.0. The van der Waals surface area contributed by atoms with Crippen LogP contribution in [0.15, 0.2) is 60.2 Å². The Bertz CT molecular complexity index is 924. The summed E-state index contributed by atoms with van der Waals surface area (Å²) in [5.74, 6) is 5.87. The Morgan fingerprint density at radius 3 is 2.48 bits per heavy atom. The van der Waals surface area contributed by atoms with Crippen LogP contribution in [0.3, 0.4) is 0 Å². The summed E-state index contributed by atoms with van der Waals surface area (Å²) < 4.78 is 5.20. The Balaban J connectivity index is 2.05. The number of halogens is 1. The zero-order valence-corrected chi connectivity index (χ0v) is 16.0. The van der Waals surface area contributed by atoms with Crippen LogP contribution in [0.2, 0.25) is 5.02 Å². The molecule has 6 nitrogen and oxygen atoms in total. The maximum atomic E-state index is 12.5. The van der Waals surface area contributed by atoms with Crippen molar-refractivity contribution in [3.8, 4) is 5.75 Å². The van der Waals surface area contributed by atoms with E-state index < -0.39 is 0 Å². The lowest BCUT2D eigenvalue weighted by molar-refractivity contribution is -0.119. The molecule has 0 atom stereocenters. The van der Waals surface area contributed by atoms with Crippen LogP contribution in [0.1, 0.15) is 11.1 Å². The van der Waals surface area contributed by atoms with Crippen LogP contribution < -0.4 is 21.4 Å². The van der Waals surface area contributed by atoms with E-state index in [2.05, 4.69) is 10.9 Å². The second kappa shape index (κ2) is 8.22. The predicted octanol–water partition coefficient (Wildman–Crippen LogP) is 2.87.